The highest BCUT2D eigenvalue weighted by Crippen LogP contribution is 2.18. The molecule has 0 bridgehead atoms. The number of carbonyl (C=O) groups excluding carboxylic acids is 1. The first-order valence-electron chi connectivity index (χ1n) is 8.06. The third-order valence-corrected chi connectivity index (χ3v) is 5.06. The summed E-state index contributed by atoms with van der Waals surface area (Å²) in [6.45, 7) is 6.13. The first-order chi connectivity index (χ1) is 10.9. The van der Waals surface area contributed by atoms with E-state index < -0.39 is 16.7 Å². The van der Waals surface area contributed by atoms with E-state index in [1.807, 2.05) is 6.92 Å². The van der Waals surface area contributed by atoms with Crippen molar-refractivity contribution in [3.05, 3.63) is 24.3 Å². The summed E-state index contributed by atoms with van der Waals surface area (Å²) < 4.78 is 34.2. The van der Waals surface area contributed by atoms with Gasteiger partial charge < -0.3 is 4.74 Å². The molecule has 1 rings (SSSR count). The molecular weight excluding hydrogens is 316 g/mol. The summed E-state index contributed by atoms with van der Waals surface area (Å²) in [5, 5.41) is 0. The van der Waals surface area contributed by atoms with Crippen molar-refractivity contribution in [2.24, 2.45) is 5.92 Å². The molecule has 1 aromatic rings. The second-order valence-electron chi connectivity index (χ2n) is 5.38. The molecule has 0 fully saturated rings. The van der Waals surface area contributed by atoms with E-state index in [0.717, 1.165) is 19.3 Å². The minimum absolute atomic E-state index is 0.0220. The molecule has 5 nitrogen and oxygen atoms in total. The zero-order valence-electron chi connectivity index (χ0n) is 14.1. The van der Waals surface area contributed by atoms with E-state index in [1.54, 1.807) is 12.1 Å². The van der Waals surface area contributed by atoms with Gasteiger partial charge >= 0.3 is 0 Å². The van der Waals surface area contributed by atoms with Gasteiger partial charge in [-0.3, -0.25) is 8.98 Å². The van der Waals surface area contributed by atoms with E-state index in [1.165, 1.54) is 12.1 Å². The predicted octanol–water partition coefficient (Wildman–Crippen LogP) is 3.58. The average Bonchev–Trinajstić information content (AvgIpc) is 2.55. The maximum absolute atomic E-state index is 12.0. The van der Waals surface area contributed by atoms with Gasteiger partial charge in [-0.15, -0.1) is 0 Å². The van der Waals surface area contributed by atoms with Gasteiger partial charge in [-0.2, -0.15) is 8.42 Å². The molecule has 0 aliphatic carbocycles. The van der Waals surface area contributed by atoms with E-state index in [9.17, 15) is 13.2 Å². The van der Waals surface area contributed by atoms with Crippen LogP contribution in [0.4, 0.5) is 0 Å². The van der Waals surface area contributed by atoms with E-state index in [-0.39, 0.29) is 10.7 Å². The van der Waals surface area contributed by atoms with Crippen LogP contribution in [-0.4, -0.2) is 27.4 Å². The SMILES string of the molecule is CCOc1ccc(S(=O)(=O)OCC(=O)CCC(CC)CC)cc1. The van der Waals surface area contributed by atoms with Crippen molar-refractivity contribution >= 4 is 15.9 Å². The fourth-order valence-electron chi connectivity index (χ4n) is 2.21. The highest BCUT2D eigenvalue weighted by molar-refractivity contribution is 7.86. The molecule has 0 saturated carbocycles. The lowest BCUT2D eigenvalue weighted by Gasteiger charge is -2.11. The van der Waals surface area contributed by atoms with Crippen LogP contribution in [0.25, 0.3) is 0 Å². The van der Waals surface area contributed by atoms with Crippen LogP contribution >= 0.6 is 0 Å². The number of ketones is 1. The Hall–Kier alpha value is -1.40. The zero-order valence-corrected chi connectivity index (χ0v) is 14.9. The Labute approximate surface area is 139 Å². The number of rotatable bonds is 11. The molecule has 0 unspecified atom stereocenters. The van der Waals surface area contributed by atoms with Crippen LogP contribution in [0.3, 0.4) is 0 Å². The Balaban J connectivity index is 2.53. The molecule has 0 spiro atoms. The third-order valence-electron chi connectivity index (χ3n) is 3.78. The van der Waals surface area contributed by atoms with Crippen molar-refractivity contribution in [2.75, 3.05) is 13.2 Å². The van der Waals surface area contributed by atoms with Crippen LogP contribution in [0.2, 0.25) is 0 Å². The van der Waals surface area contributed by atoms with Gasteiger partial charge in [0.1, 0.15) is 12.4 Å². The summed E-state index contributed by atoms with van der Waals surface area (Å²) in [6, 6.07) is 5.95. The normalized spacial score (nSPS) is 11.7. The molecule has 0 radical (unpaired) electrons. The van der Waals surface area contributed by atoms with Gasteiger partial charge in [0.25, 0.3) is 10.1 Å². The average molecular weight is 342 g/mol. The molecular formula is C17H26O5S. The van der Waals surface area contributed by atoms with Crippen LogP contribution in [0, 0.1) is 5.92 Å². The molecule has 0 amide bonds. The summed E-state index contributed by atoms with van der Waals surface area (Å²) >= 11 is 0. The molecule has 0 aliphatic heterocycles. The van der Waals surface area contributed by atoms with Crippen molar-refractivity contribution in [2.45, 2.75) is 51.3 Å². The van der Waals surface area contributed by atoms with Crippen molar-refractivity contribution in [1.29, 1.82) is 0 Å². The van der Waals surface area contributed by atoms with Gasteiger partial charge in [0.05, 0.1) is 11.5 Å². The molecule has 0 aromatic heterocycles. The lowest BCUT2D eigenvalue weighted by atomic mass is 9.96. The fraction of sp³-hybridized carbons (Fsp3) is 0.588. The molecule has 6 heteroatoms. The van der Waals surface area contributed by atoms with Crippen LogP contribution in [0.1, 0.15) is 46.5 Å². The van der Waals surface area contributed by atoms with Crippen molar-refractivity contribution in [3.8, 4) is 5.75 Å². The van der Waals surface area contributed by atoms with Crippen molar-refractivity contribution < 1.29 is 22.1 Å². The smallest absolute Gasteiger partial charge is 0.297 e. The van der Waals surface area contributed by atoms with Crippen molar-refractivity contribution in [1.82, 2.24) is 0 Å². The molecule has 23 heavy (non-hydrogen) atoms. The monoisotopic (exact) mass is 342 g/mol. The molecule has 0 aliphatic rings. The van der Waals surface area contributed by atoms with Gasteiger partial charge in [-0.05, 0) is 43.5 Å². The van der Waals surface area contributed by atoms with Gasteiger partial charge in [-0.25, -0.2) is 0 Å². The topological polar surface area (TPSA) is 69.7 Å². The first-order valence-corrected chi connectivity index (χ1v) is 9.47. The number of Topliss-reactive ketones (excluding diaryl/α,β-unsaturated/α-hetero) is 1. The summed E-state index contributed by atoms with van der Waals surface area (Å²) in [6.07, 6.45) is 3.17. The highest BCUT2D eigenvalue weighted by atomic mass is 32.2. The highest BCUT2D eigenvalue weighted by Gasteiger charge is 2.17. The Morgan fingerprint density at radius 1 is 1.09 bits per heavy atom. The number of ether oxygens (including phenoxy) is 1. The van der Waals surface area contributed by atoms with E-state index in [4.69, 9.17) is 8.92 Å². The van der Waals surface area contributed by atoms with Crippen molar-refractivity contribution in [3.63, 3.8) is 0 Å². The second kappa shape index (κ2) is 9.67. The minimum atomic E-state index is -3.91. The Kier molecular flexibility index (Phi) is 8.26. The summed E-state index contributed by atoms with van der Waals surface area (Å²) in [7, 11) is -3.91. The lowest BCUT2D eigenvalue weighted by Crippen LogP contribution is -2.15. The molecule has 1 aromatic carbocycles. The number of hydrogen-bond acceptors (Lipinski definition) is 5. The molecule has 0 atom stereocenters. The number of benzene rings is 1. The van der Waals surface area contributed by atoms with Gasteiger partial charge in [0.2, 0.25) is 0 Å². The number of carbonyl (C=O) groups is 1. The minimum Gasteiger partial charge on any atom is -0.494 e. The Morgan fingerprint density at radius 3 is 2.22 bits per heavy atom. The molecule has 0 N–H and O–H groups in total. The van der Waals surface area contributed by atoms with Gasteiger partial charge in [0.15, 0.2) is 5.78 Å². The largest absolute Gasteiger partial charge is 0.494 e. The zero-order chi connectivity index (χ0) is 17.3. The Bertz CT molecular complexity index is 574. The number of hydrogen-bond donors (Lipinski definition) is 0. The molecule has 0 saturated heterocycles. The van der Waals surface area contributed by atoms with Gasteiger partial charge in [0, 0.05) is 6.42 Å². The summed E-state index contributed by atoms with van der Waals surface area (Å²) in [4.78, 5) is 11.8. The molecule has 130 valence electrons. The predicted molar refractivity (Wildman–Crippen MR) is 89.1 cm³/mol. The standard InChI is InChI=1S/C17H26O5S/c1-4-14(5-2)7-8-15(18)13-22-23(19,20)17-11-9-16(10-12-17)21-6-3/h9-12,14H,4-8,13H2,1-3H3. The van der Waals surface area contributed by atoms with Crippen LogP contribution in [0.15, 0.2) is 29.2 Å². The van der Waals surface area contributed by atoms with E-state index >= 15 is 0 Å². The summed E-state index contributed by atoms with van der Waals surface area (Å²) in [5.41, 5.74) is 0. The fourth-order valence-corrected chi connectivity index (χ4v) is 3.11. The van der Waals surface area contributed by atoms with E-state index in [2.05, 4.69) is 13.8 Å². The quantitative estimate of drug-likeness (QED) is 0.575. The van der Waals surface area contributed by atoms with Crippen LogP contribution < -0.4 is 4.74 Å². The second-order valence-corrected chi connectivity index (χ2v) is 7.00. The molecule has 0 heterocycles. The van der Waals surface area contributed by atoms with Gasteiger partial charge in [-0.1, -0.05) is 26.7 Å². The van der Waals surface area contributed by atoms with Crippen LogP contribution in [0.5, 0.6) is 5.75 Å². The Morgan fingerprint density at radius 2 is 1.70 bits per heavy atom. The summed E-state index contributed by atoms with van der Waals surface area (Å²) in [5.74, 6) is 0.903. The lowest BCUT2D eigenvalue weighted by molar-refractivity contribution is -0.121. The third kappa shape index (κ3) is 6.71. The first kappa shape index (κ1) is 19.6. The van der Waals surface area contributed by atoms with E-state index in [0.29, 0.717) is 24.7 Å². The maximum atomic E-state index is 12.0. The van der Waals surface area contributed by atoms with Crippen LogP contribution in [-0.2, 0) is 19.1 Å². The maximum Gasteiger partial charge on any atom is 0.297 e.